The van der Waals surface area contributed by atoms with Crippen LogP contribution in [-0.4, -0.2) is 9.52 Å². The van der Waals surface area contributed by atoms with E-state index in [4.69, 9.17) is 0 Å². The maximum Gasteiger partial charge on any atom is 0.153 e. The SMILES string of the molecule is FC1=C[Si]1. The van der Waals surface area contributed by atoms with Crippen LogP contribution in [0.15, 0.2) is 11.1 Å². The van der Waals surface area contributed by atoms with E-state index in [2.05, 4.69) is 0 Å². The van der Waals surface area contributed by atoms with Crippen LogP contribution in [0.1, 0.15) is 0 Å². The van der Waals surface area contributed by atoms with E-state index < -0.39 is 0 Å². The number of halogens is 1. The molecule has 0 aromatic carbocycles. The molecule has 0 bridgehead atoms. The average Bonchev–Trinajstić information content (AvgIpc) is 1.75. The molecule has 1 heterocycles. The molecule has 0 aromatic rings. The summed E-state index contributed by atoms with van der Waals surface area (Å²) in [7, 11) is 0.432. The minimum absolute atomic E-state index is 0.0694. The van der Waals surface area contributed by atoms with Gasteiger partial charge in [0.25, 0.3) is 0 Å². The standard InChI is InChI=1S/C2HFSi/c3-2-1-4-2/h1H. The summed E-state index contributed by atoms with van der Waals surface area (Å²) in [5.41, 5.74) is 1.64. The smallest absolute Gasteiger partial charge is 0.153 e. The molecule has 0 amide bonds. The molecule has 0 fully saturated rings. The van der Waals surface area contributed by atoms with Crippen LogP contribution in [0.3, 0.4) is 0 Å². The second-order valence-electron chi connectivity index (χ2n) is 0.637. The van der Waals surface area contributed by atoms with Gasteiger partial charge in [0, 0.05) is 0 Å². The van der Waals surface area contributed by atoms with Crippen molar-refractivity contribution < 1.29 is 4.39 Å². The molecule has 2 heteroatoms. The number of rotatable bonds is 0. The molecule has 1 rings (SSSR count). The van der Waals surface area contributed by atoms with Crippen molar-refractivity contribution in [1.82, 2.24) is 0 Å². The fourth-order valence-electron chi connectivity index (χ4n) is 0.0273. The molecule has 1 aliphatic rings. The molecule has 1 aliphatic heterocycles. The first-order chi connectivity index (χ1) is 1.89. The van der Waals surface area contributed by atoms with Crippen molar-refractivity contribution >= 4 is 9.52 Å². The van der Waals surface area contributed by atoms with Crippen LogP contribution in [0.25, 0.3) is 0 Å². The molecule has 0 saturated carbocycles. The van der Waals surface area contributed by atoms with E-state index in [-0.39, 0.29) is 5.45 Å². The molecule has 2 radical (unpaired) electrons. The van der Waals surface area contributed by atoms with Crippen molar-refractivity contribution in [3.63, 3.8) is 0 Å². The third-order valence-corrected chi connectivity index (χ3v) is 0.760. The zero-order valence-electron chi connectivity index (χ0n) is 1.96. The summed E-state index contributed by atoms with van der Waals surface area (Å²) < 4.78 is 11.0. The first-order valence-corrected chi connectivity index (χ1v) is 2.09. The third kappa shape index (κ3) is 0.178. The largest absolute Gasteiger partial charge is 0.218 e. The Kier molecular flexibility index (Phi) is 0.231. The van der Waals surface area contributed by atoms with E-state index in [9.17, 15) is 4.39 Å². The molecule has 0 nitrogen and oxygen atoms in total. The first-order valence-electron chi connectivity index (χ1n) is 1.02. The second-order valence-corrected chi connectivity index (χ2v) is 1.69. The van der Waals surface area contributed by atoms with Gasteiger partial charge < -0.3 is 0 Å². The number of hydrogen-bond donors (Lipinski definition) is 0. The maximum absolute atomic E-state index is 11.0. The van der Waals surface area contributed by atoms with Gasteiger partial charge in [-0.2, -0.15) is 0 Å². The van der Waals surface area contributed by atoms with Gasteiger partial charge >= 0.3 is 0 Å². The fourth-order valence-corrected chi connectivity index (χ4v) is 0.0818. The highest BCUT2D eigenvalue weighted by molar-refractivity contribution is 6.62. The fraction of sp³-hybridized carbons (Fsp3) is 0. The summed E-state index contributed by atoms with van der Waals surface area (Å²) in [6.07, 6.45) is 0. The van der Waals surface area contributed by atoms with Crippen LogP contribution in [0.2, 0.25) is 0 Å². The molecule has 20 valence electrons. The van der Waals surface area contributed by atoms with Crippen LogP contribution in [0.5, 0.6) is 0 Å². The summed E-state index contributed by atoms with van der Waals surface area (Å²) in [4.78, 5) is 0. The molecular weight excluding hydrogens is 71.1 g/mol. The van der Waals surface area contributed by atoms with Crippen LogP contribution in [0, 0.1) is 0 Å². The lowest BCUT2D eigenvalue weighted by atomic mass is 11.2. The van der Waals surface area contributed by atoms with Gasteiger partial charge in [-0.3, -0.25) is 0 Å². The summed E-state index contributed by atoms with van der Waals surface area (Å²) in [5, 5.41) is 0. The van der Waals surface area contributed by atoms with Crippen molar-refractivity contribution in [2.75, 3.05) is 0 Å². The Morgan fingerprint density at radius 3 is 2.25 bits per heavy atom. The molecule has 0 atom stereocenters. The zero-order chi connectivity index (χ0) is 2.99. The van der Waals surface area contributed by atoms with E-state index in [1.54, 1.807) is 5.70 Å². The first kappa shape index (κ1) is 2.14. The van der Waals surface area contributed by atoms with Gasteiger partial charge in [0.15, 0.2) is 9.52 Å². The topological polar surface area (TPSA) is 0 Å². The molecular formula is C2HFSi. The molecule has 0 aliphatic carbocycles. The predicted octanol–water partition coefficient (Wildman–Crippen LogP) is 0.473. The summed E-state index contributed by atoms with van der Waals surface area (Å²) in [6, 6.07) is 0. The zero-order valence-corrected chi connectivity index (χ0v) is 2.96. The van der Waals surface area contributed by atoms with E-state index in [1.165, 1.54) is 0 Å². The quantitative estimate of drug-likeness (QED) is 0.365. The summed E-state index contributed by atoms with van der Waals surface area (Å²) in [5.74, 6) is 0. The Bertz CT molecular complexity index is 57.1. The summed E-state index contributed by atoms with van der Waals surface area (Å²) in [6.45, 7) is 0. The van der Waals surface area contributed by atoms with Crippen molar-refractivity contribution in [2.45, 2.75) is 0 Å². The van der Waals surface area contributed by atoms with Gasteiger partial charge in [-0.1, -0.05) is 5.70 Å². The molecule has 0 N–H and O–H groups in total. The lowest BCUT2D eigenvalue weighted by Crippen LogP contribution is -1.43. The van der Waals surface area contributed by atoms with Crippen molar-refractivity contribution in [1.29, 1.82) is 0 Å². The second kappa shape index (κ2) is 0.430. The Hall–Kier alpha value is -0.113. The monoisotopic (exact) mass is 72.0 g/mol. The lowest BCUT2D eigenvalue weighted by Gasteiger charge is -1.41. The van der Waals surface area contributed by atoms with Crippen LogP contribution in [0.4, 0.5) is 4.39 Å². The molecule has 0 aromatic heterocycles. The lowest BCUT2D eigenvalue weighted by molar-refractivity contribution is 0.709. The highest BCUT2D eigenvalue weighted by Crippen LogP contribution is 2.04. The number of hydrogen-bond acceptors (Lipinski definition) is 0. The van der Waals surface area contributed by atoms with Crippen molar-refractivity contribution in [2.24, 2.45) is 0 Å². The predicted molar refractivity (Wildman–Crippen MR) is 14.9 cm³/mol. The van der Waals surface area contributed by atoms with Gasteiger partial charge in [-0.05, 0) is 0 Å². The van der Waals surface area contributed by atoms with E-state index in [1.807, 2.05) is 0 Å². The van der Waals surface area contributed by atoms with Crippen molar-refractivity contribution in [3.05, 3.63) is 11.1 Å². The minimum atomic E-state index is 0.0694. The Labute approximate surface area is 26.1 Å². The minimum Gasteiger partial charge on any atom is -0.218 e. The van der Waals surface area contributed by atoms with Gasteiger partial charge in [0.05, 0.1) is 5.45 Å². The van der Waals surface area contributed by atoms with Gasteiger partial charge in [-0.25, -0.2) is 4.39 Å². The van der Waals surface area contributed by atoms with Crippen LogP contribution >= 0.6 is 0 Å². The molecule has 0 unspecified atom stereocenters. The van der Waals surface area contributed by atoms with E-state index >= 15 is 0 Å². The molecule has 0 saturated heterocycles. The average molecular weight is 72.1 g/mol. The van der Waals surface area contributed by atoms with Crippen molar-refractivity contribution in [3.8, 4) is 0 Å². The summed E-state index contributed by atoms with van der Waals surface area (Å²) >= 11 is 0. The van der Waals surface area contributed by atoms with E-state index in [0.29, 0.717) is 9.52 Å². The Morgan fingerprint density at radius 2 is 2.25 bits per heavy atom. The van der Waals surface area contributed by atoms with Gasteiger partial charge in [-0.15, -0.1) is 0 Å². The Morgan fingerprint density at radius 1 is 2.00 bits per heavy atom. The third-order valence-electron chi connectivity index (χ3n) is 0.253. The van der Waals surface area contributed by atoms with E-state index in [0.717, 1.165) is 0 Å². The van der Waals surface area contributed by atoms with Gasteiger partial charge in [0.2, 0.25) is 0 Å². The Balaban J connectivity index is 2.54. The van der Waals surface area contributed by atoms with Gasteiger partial charge in [0.1, 0.15) is 0 Å². The molecule has 4 heavy (non-hydrogen) atoms. The highest BCUT2D eigenvalue weighted by atomic mass is 28.2. The molecule has 0 spiro atoms. The normalized spacial score (nSPS) is 19.8. The highest BCUT2D eigenvalue weighted by Gasteiger charge is 2.03. The maximum atomic E-state index is 11.0. The van der Waals surface area contributed by atoms with Crippen LogP contribution < -0.4 is 0 Å². The van der Waals surface area contributed by atoms with Crippen LogP contribution in [-0.2, 0) is 0 Å².